The highest BCUT2D eigenvalue weighted by molar-refractivity contribution is 6.05. The molecule has 1 N–H and O–H groups in total. The van der Waals surface area contributed by atoms with Crippen LogP contribution in [0.25, 0.3) is 0 Å². The minimum Gasteiger partial charge on any atom is -0.314 e. The SMILES string of the molecule is O=C(Nc1c(F)cccc1[N+](=O)[O-])c1ccccc1. The highest BCUT2D eigenvalue weighted by Gasteiger charge is 2.20. The lowest BCUT2D eigenvalue weighted by Crippen LogP contribution is -2.14. The largest absolute Gasteiger partial charge is 0.314 e. The molecule has 96 valence electrons. The van der Waals surface area contributed by atoms with E-state index in [1.54, 1.807) is 18.2 Å². The molecule has 0 aromatic heterocycles. The summed E-state index contributed by atoms with van der Waals surface area (Å²) in [6, 6.07) is 11.5. The Balaban J connectivity index is 2.34. The molecule has 0 bridgehead atoms. The lowest BCUT2D eigenvalue weighted by Gasteiger charge is -2.06. The maximum atomic E-state index is 13.6. The highest BCUT2D eigenvalue weighted by atomic mass is 19.1. The van der Waals surface area contributed by atoms with E-state index >= 15 is 0 Å². The summed E-state index contributed by atoms with van der Waals surface area (Å²) in [7, 11) is 0. The molecule has 0 saturated carbocycles. The van der Waals surface area contributed by atoms with Crippen LogP contribution < -0.4 is 5.32 Å². The monoisotopic (exact) mass is 260 g/mol. The van der Waals surface area contributed by atoms with E-state index in [0.29, 0.717) is 5.56 Å². The first-order chi connectivity index (χ1) is 9.09. The molecule has 0 aliphatic carbocycles. The second-order valence-corrected chi connectivity index (χ2v) is 3.71. The standard InChI is InChI=1S/C13H9FN2O3/c14-10-7-4-8-11(16(18)19)12(10)15-13(17)9-5-2-1-3-6-9/h1-8H,(H,15,17). The first kappa shape index (κ1) is 12.7. The molecular formula is C13H9FN2O3. The zero-order valence-electron chi connectivity index (χ0n) is 9.67. The van der Waals surface area contributed by atoms with E-state index in [9.17, 15) is 19.3 Å². The van der Waals surface area contributed by atoms with Crippen molar-refractivity contribution in [3.8, 4) is 0 Å². The molecule has 0 unspecified atom stereocenters. The lowest BCUT2D eigenvalue weighted by atomic mass is 10.2. The zero-order chi connectivity index (χ0) is 13.8. The summed E-state index contributed by atoms with van der Waals surface area (Å²) in [4.78, 5) is 21.9. The zero-order valence-corrected chi connectivity index (χ0v) is 9.67. The van der Waals surface area contributed by atoms with Gasteiger partial charge in [0.25, 0.3) is 11.6 Å². The number of para-hydroxylation sites is 1. The number of anilines is 1. The third-order valence-corrected chi connectivity index (χ3v) is 2.46. The van der Waals surface area contributed by atoms with Crippen molar-refractivity contribution in [1.82, 2.24) is 0 Å². The number of nitrogens with zero attached hydrogens (tertiary/aromatic N) is 1. The van der Waals surface area contributed by atoms with Crippen LogP contribution in [0.5, 0.6) is 0 Å². The normalized spacial score (nSPS) is 9.95. The number of nitro benzene ring substituents is 1. The van der Waals surface area contributed by atoms with Gasteiger partial charge in [-0.3, -0.25) is 14.9 Å². The Morgan fingerprint density at radius 2 is 1.79 bits per heavy atom. The summed E-state index contributed by atoms with van der Waals surface area (Å²) >= 11 is 0. The number of hydrogen-bond donors (Lipinski definition) is 1. The Hall–Kier alpha value is -2.76. The van der Waals surface area contributed by atoms with Crippen molar-refractivity contribution < 1.29 is 14.1 Å². The highest BCUT2D eigenvalue weighted by Crippen LogP contribution is 2.27. The fourth-order valence-corrected chi connectivity index (χ4v) is 1.56. The minimum atomic E-state index is -0.849. The van der Waals surface area contributed by atoms with Crippen molar-refractivity contribution >= 4 is 17.3 Å². The predicted molar refractivity (Wildman–Crippen MR) is 67.4 cm³/mol. The summed E-state index contributed by atoms with van der Waals surface area (Å²) in [6.45, 7) is 0. The number of hydrogen-bond acceptors (Lipinski definition) is 3. The minimum absolute atomic E-state index is 0.292. The van der Waals surface area contributed by atoms with Crippen LogP contribution in [-0.2, 0) is 0 Å². The van der Waals surface area contributed by atoms with Crippen molar-refractivity contribution in [2.45, 2.75) is 0 Å². The van der Waals surface area contributed by atoms with Crippen LogP contribution in [-0.4, -0.2) is 10.8 Å². The molecule has 1 amide bonds. The van der Waals surface area contributed by atoms with Crippen molar-refractivity contribution in [3.05, 3.63) is 70.0 Å². The first-order valence-electron chi connectivity index (χ1n) is 5.39. The van der Waals surface area contributed by atoms with Gasteiger partial charge in [0.2, 0.25) is 0 Å². The van der Waals surface area contributed by atoms with Gasteiger partial charge in [-0.05, 0) is 18.2 Å². The number of amides is 1. The second-order valence-electron chi connectivity index (χ2n) is 3.71. The summed E-state index contributed by atoms with van der Waals surface area (Å²) in [6.07, 6.45) is 0. The Labute approximate surface area is 107 Å². The molecule has 0 atom stereocenters. The van der Waals surface area contributed by atoms with Crippen LogP contribution in [0.4, 0.5) is 15.8 Å². The molecule has 2 aromatic carbocycles. The third-order valence-electron chi connectivity index (χ3n) is 2.46. The third kappa shape index (κ3) is 2.74. The number of benzene rings is 2. The average molecular weight is 260 g/mol. The number of carbonyl (C=O) groups excluding carboxylic acids is 1. The second kappa shape index (κ2) is 5.26. The van der Waals surface area contributed by atoms with Crippen LogP contribution in [0, 0.1) is 15.9 Å². The molecule has 2 aromatic rings. The number of carbonyl (C=O) groups is 1. The Morgan fingerprint density at radius 1 is 1.11 bits per heavy atom. The Morgan fingerprint density at radius 3 is 2.42 bits per heavy atom. The molecule has 19 heavy (non-hydrogen) atoms. The van der Waals surface area contributed by atoms with Gasteiger partial charge in [-0.1, -0.05) is 24.3 Å². The Bertz CT molecular complexity index is 629. The molecule has 0 heterocycles. The molecule has 0 aliphatic heterocycles. The van der Waals surface area contributed by atoms with E-state index in [4.69, 9.17) is 0 Å². The molecule has 5 nitrogen and oxygen atoms in total. The fraction of sp³-hybridized carbons (Fsp3) is 0. The van der Waals surface area contributed by atoms with Crippen molar-refractivity contribution in [1.29, 1.82) is 0 Å². The smallest absolute Gasteiger partial charge is 0.295 e. The van der Waals surface area contributed by atoms with Gasteiger partial charge in [0.05, 0.1) is 4.92 Å². The molecule has 6 heteroatoms. The fourth-order valence-electron chi connectivity index (χ4n) is 1.56. The van der Waals surface area contributed by atoms with E-state index in [0.717, 1.165) is 12.1 Å². The summed E-state index contributed by atoms with van der Waals surface area (Å²) in [5.41, 5.74) is -0.620. The van der Waals surface area contributed by atoms with E-state index in [2.05, 4.69) is 5.32 Å². The van der Waals surface area contributed by atoms with Crippen LogP contribution in [0.1, 0.15) is 10.4 Å². The van der Waals surface area contributed by atoms with E-state index < -0.39 is 28.0 Å². The van der Waals surface area contributed by atoms with Gasteiger partial charge in [0.1, 0.15) is 0 Å². The predicted octanol–water partition coefficient (Wildman–Crippen LogP) is 2.99. The van der Waals surface area contributed by atoms with Gasteiger partial charge >= 0.3 is 0 Å². The van der Waals surface area contributed by atoms with Crippen LogP contribution in [0.2, 0.25) is 0 Å². The molecular weight excluding hydrogens is 251 g/mol. The van der Waals surface area contributed by atoms with Gasteiger partial charge in [-0.15, -0.1) is 0 Å². The number of rotatable bonds is 3. The number of nitro groups is 1. The molecule has 2 rings (SSSR count). The Kier molecular flexibility index (Phi) is 3.51. The van der Waals surface area contributed by atoms with Crippen LogP contribution >= 0.6 is 0 Å². The molecule has 0 saturated heterocycles. The number of halogens is 1. The van der Waals surface area contributed by atoms with E-state index in [-0.39, 0.29) is 0 Å². The molecule has 0 radical (unpaired) electrons. The van der Waals surface area contributed by atoms with Gasteiger partial charge in [-0.2, -0.15) is 0 Å². The van der Waals surface area contributed by atoms with Crippen molar-refractivity contribution in [3.63, 3.8) is 0 Å². The maximum absolute atomic E-state index is 13.6. The van der Waals surface area contributed by atoms with Crippen molar-refractivity contribution in [2.75, 3.05) is 5.32 Å². The van der Waals surface area contributed by atoms with Crippen LogP contribution in [0.15, 0.2) is 48.5 Å². The summed E-state index contributed by atoms with van der Waals surface area (Å²) < 4.78 is 13.6. The van der Waals surface area contributed by atoms with Gasteiger partial charge in [0.15, 0.2) is 11.5 Å². The van der Waals surface area contributed by atoms with Gasteiger partial charge in [0, 0.05) is 11.6 Å². The van der Waals surface area contributed by atoms with Gasteiger partial charge < -0.3 is 5.32 Å². The molecule has 0 spiro atoms. The lowest BCUT2D eigenvalue weighted by molar-refractivity contribution is -0.384. The quantitative estimate of drug-likeness (QED) is 0.681. The summed E-state index contributed by atoms with van der Waals surface area (Å²) in [5.74, 6) is -1.45. The van der Waals surface area contributed by atoms with Crippen molar-refractivity contribution in [2.24, 2.45) is 0 Å². The average Bonchev–Trinajstić information content (AvgIpc) is 2.41. The van der Waals surface area contributed by atoms with Crippen LogP contribution in [0.3, 0.4) is 0 Å². The van der Waals surface area contributed by atoms with E-state index in [1.165, 1.54) is 18.2 Å². The van der Waals surface area contributed by atoms with Gasteiger partial charge in [-0.25, -0.2) is 4.39 Å². The maximum Gasteiger partial charge on any atom is 0.295 e. The summed E-state index contributed by atoms with van der Waals surface area (Å²) in [5, 5.41) is 13.0. The van der Waals surface area contributed by atoms with E-state index in [1.807, 2.05) is 0 Å². The topological polar surface area (TPSA) is 72.2 Å². The molecule has 0 aliphatic rings. The number of nitrogens with one attached hydrogen (secondary N) is 1. The molecule has 0 fully saturated rings. The first-order valence-corrected chi connectivity index (χ1v) is 5.39.